The summed E-state index contributed by atoms with van der Waals surface area (Å²) < 4.78 is 0. The van der Waals surface area contributed by atoms with Gasteiger partial charge in [0.15, 0.2) is 0 Å². The van der Waals surface area contributed by atoms with Gasteiger partial charge >= 0.3 is 0 Å². The fourth-order valence-electron chi connectivity index (χ4n) is 3.22. The van der Waals surface area contributed by atoms with Crippen LogP contribution in [0.4, 0.5) is 0 Å². The van der Waals surface area contributed by atoms with Crippen LogP contribution in [0.3, 0.4) is 0 Å². The summed E-state index contributed by atoms with van der Waals surface area (Å²) in [6, 6.07) is 13.4. The van der Waals surface area contributed by atoms with E-state index in [1.165, 1.54) is 5.56 Å². The van der Waals surface area contributed by atoms with Gasteiger partial charge in [0.25, 0.3) is 5.91 Å². The third-order valence-electron chi connectivity index (χ3n) is 4.60. The minimum absolute atomic E-state index is 0.0448. The van der Waals surface area contributed by atoms with Crippen molar-refractivity contribution in [1.29, 1.82) is 0 Å². The molecule has 3 rings (SSSR count). The summed E-state index contributed by atoms with van der Waals surface area (Å²) in [5, 5.41) is 0.971. The standard InChI is InChI=1S/C19H20Cl2N2O/c20-16-4-5-18(21)17(11-16)19(24)23-8-6-14(7-9-23)15-3-1-2-13(10-15)12-22/h1-5,10-11,14H,6-9,12,22H2. The Balaban J connectivity index is 1.68. The van der Waals surface area contributed by atoms with Gasteiger partial charge in [-0.3, -0.25) is 4.79 Å². The lowest BCUT2D eigenvalue weighted by molar-refractivity contribution is 0.0713. The zero-order valence-corrected chi connectivity index (χ0v) is 14.9. The maximum absolute atomic E-state index is 12.7. The fraction of sp³-hybridized carbons (Fsp3) is 0.316. The SMILES string of the molecule is NCc1cccc(C2CCN(C(=O)c3cc(Cl)ccc3Cl)CC2)c1. The van der Waals surface area contributed by atoms with Crippen molar-refractivity contribution in [3.05, 3.63) is 69.2 Å². The molecule has 0 atom stereocenters. The van der Waals surface area contributed by atoms with Crippen LogP contribution in [0.15, 0.2) is 42.5 Å². The van der Waals surface area contributed by atoms with Crippen molar-refractivity contribution in [2.24, 2.45) is 5.73 Å². The van der Waals surface area contributed by atoms with E-state index in [0.29, 0.717) is 28.1 Å². The molecular formula is C19H20Cl2N2O. The molecule has 1 heterocycles. The number of carbonyl (C=O) groups is 1. The van der Waals surface area contributed by atoms with Crippen LogP contribution in [-0.2, 0) is 6.54 Å². The van der Waals surface area contributed by atoms with Gasteiger partial charge in [0.05, 0.1) is 10.6 Å². The van der Waals surface area contributed by atoms with E-state index in [4.69, 9.17) is 28.9 Å². The molecule has 2 N–H and O–H groups in total. The van der Waals surface area contributed by atoms with Gasteiger partial charge in [-0.25, -0.2) is 0 Å². The number of nitrogens with zero attached hydrogens (tertiary/aromatic N) is 1. The molecule has 0 aromatic heterocycles. The number of halogens is 2. The third kappa shape index (κ3) is 3.75. The second kappa shape index (κ2) is 7.56. The maximum atomic E-state index is 12.7. The first-order valence-electron chi connectivity index (χ1n) is 8.11. The molecule has 0 saturated carbocycles. The highest BCUT2D eigenvalue weighted by molar-refractivity contribution is 6.35. The van der Waals surface area contributed by atoms with Crippen LogP contribution in [-0.4, -0.2) is 23.9 Å². The largest absolute Gasteiger partial charge is 0.339 e. The molecule has 5 heteroatoms. The number of hydrogen-bond donors (Lipinski definition) is 1. The first kappa shape index (κ1) is 17.3. The van der Waals surface area contributed by atoms with Crippen LogP contribution in [0.1, 0.15) is 40.2 Å². The minimum atomic E-state index is -0.0448. The molecule has 1 aliphatic rings. The summed E-state index contributed by atoms with van der Waals surface area (Å²) >= 11 is 12.1. The number of nitrogens with two attached hydrogens (primary N) is 1. The van der Waals surface area contributed by atoms with Gasteiger partial charge in [-0.05, 0) is 48.1 Å². The third-order valence-corrected chi connectivity index (χ3v) is 5.16. The van der Waals surface area contributed by atoms with Crippen molar-refractivity contribution in [3.63, 3.8) is 0 Å². The molecular weight excluding hydrogens is 343 g/mol. The summed E-state index contributed by atoms with van der Waals surface area (Å²) in [6.07, 6.45) is 1.88. The van der Waals surface area contributed by atoms with Crippen LogP contribution < -0.4 is 5.73 Å². The first-order valence-corrected chi connectivity index (χ1v) is 8.87. The van der Waals surface area contributed by atoms with Crippen LogP contribution in [0.25, 0.3) is 0 Å². The number of hydrogen-bond acceptors (Lipinski definition) is 2. The number of amides is 1. The second-order valence-corrected chi connectivity index (χ2v) is 6.98. The number of likely N-dealkylation sites (tertiary alicyclic amines) is 1. The van der Waals surface area contributed by atoms with E-state index < -0.39 is 0 Å². The topological polar surface area (TPSA) is 46.3 Å². The van der Waals surface area contributed by atoms with Gasteiger partial charge in [-0.1, -0.05) is 47.5 Å². The first-order chi connectivity index (χ1) is 11.6. The second-order valence-electron chi connectivity index (χ2n) is 6.14. The quantitative estimate of drug-likeness (QED) is 0.875. The molecule has 24 heavy (non-hydrogen) atoms. The number of carbonyl (C=O) groups excluding carboxylic acids is 1. The van der Waals surface area contributed by atoms with Crippen LogP contribution in [0.2, 0.25) is 10.0 Å². The summed E-state index contributed by atoms with van der Waals surface area (Å²) in [5.41, 5.74) is 8.66. The molecule has 1 amide bonds. The van der Waals surface area contributed by atoms with E-state index in [2.05, 4.69) is 18.2 Å². The van der Waals surface area contributed by atoms with E-state index >= 15 is 0 Å². The predicted molar refractivity (Wildman–Crippen MR) is 98.7 cm³/mol. The summed E-state index contributed by atoms with van der Waals surface area (Å²) in [6.45, 7) is 2.00. The van der Waals surface area contributed by atoms with Gasteiger partial charge in [0.2, 0.25) is 0 Å². The molecule has 1 saturated heterocycles. The van der Waals surface area contributed by atoms with E-state index in [9.17, 15) is 4.79 Å². The highest BCUT2D eigenvalue weighted by Gasteiger charge is 2.25. The Labute approximate surface area is 152 Å². The van der Waals surface area contributed by atoms with E-state index in [0.717, 1.165) is 31.5 Å². The van der Waals surface area contributed by atoms with Crippen LogP contribution in [0, 0.1) is 0 Å². The molecule has 1 aliphatic heterocycles. The molecule has 0 bridgehead atoms. The maximum Gasteiger partial charge on any atom is 0.255 e. The molecule has 0 unspecified atom stereocenters. The molecule has 0 radical (unpaired) electrons. The predicted octanol–water partition coefficient (Wildman–Crippen LogP) is 4.47. The normalized spacial score (nSPS) is 15.5. The van der Waals surface area contributed by atoms with Crippen molar-refractivity contribution in [2.75, 3.05) is 13.1 Å². The molecule has 1 fully saturated rings. The minimum Gasteiger partial charge on any atom is -0.339 e. The number of piperidine rings is 1. The smallest absolute Gasteiger partial charge is 0.255 e. The van der Waals surface area contributed by atoms with Gasteiger partial charge < -0.3 is 10.6 Å². The van der Waals surface area contributed by atoms with Gasteiger partial charge in [-0.2, -0.15) is 0 Å². The Bertz CT molecular complexity index is 740. The van der Waals surface area contributed by atoms with Crippen LogP contribution >= 0.6 is 23.2 Å². The lowest BCUT2D eigenvalue weighted by atomic mass is 9.88. The van der Waals surface area contributed by atoms with E-state index in [1.54, 1.807) is 18.2 Å². The summed E-state index contributed by atoms with van der Waals surface area (Å²) in [5.74, 6) is 0.423. The lowest BCUT2D eigenvalue weighted by Gasteiger charge is -2.32. The Hall–Kier alpha value is -1.55. The number of rotatable bonds is 3. The average Bonchev–Trinajstić information content (AvgIpc) is 2.63. The molecule has 2 aromatic rings. The number of benzene rings is 2. The van der Waals surface area contributed by atoms with Crippen molar-refractivity contribution in [2.45, 2.75) is 25.3 Å². The Kier molecular flexibility index (Phi) is 5.44. The van der Waals surface area contributed by atoms with Gasteiger partial charge in [0, 0.05) is 24.7 Å². The Morgan fingerprint density at radius 1 is 1.12 bits per heavy atom. The lowest BCUT2D eigenvalue weighted by Crippen LogP contribution is -2.38. The molecule has 0 spiro atoms. The van der Waals surface area contributed by atoms with E-state index in [-0.39, 0.29) is 5.91 Å². The van der Waals surface area contributed by atoms with Gasteiger partial charge in [-0.15, -0.1) is 0 Å². The Morgan fingerprint density at radius 2 is 1.88 bits per heavy atom. The zero-order chi connectivity index (χ0) is 17.1. The Morgan fingerprint density at radius 3 is 2.58 bits per heavy atom. The zero-order valence-electron chi connectivity index (χ0n) is 13.3. The highest BCUT2D eigenvalue weighted by atomic mass is 35.5. The summed E-state index contributed by atoms with van der Waals surface area (Å²) in [7, 11) is 0. The molecule has 126 valence electrons. The monoisotopic (exact) mass is 362 g/mol. The molecule has 2 aromatic carbocycles. The van der Waals surface area contributed by atoms with Crippen molar-refractivity contribution in [1.82, 2.24) is 4.90 Å². The van der Waals surface area contributed by atoms with Crippen molar-refractivity contribution < 1.29 is 4.79 Å². The highest BCUT2D eigenvalue weighted by Crippen LogP contribution is 2.30. The van der Waals surface area contributed by atoms with Gasteiger partial charge in [0.1, 0.15) is 0 Å². The fourth-order valence-corrected chi connectivity index (χ4v) is 3.59. The van der Waals surface area contributed by atoms with Crippen molar-refractivity contribution >= 4 is 29.1 Å². The van der Waals surface area contributed by atoms with E-state index in [1.807, 2.05) is 11.0 Å². The van der Waals surface area contributed by atoms with Crippen molar-refractivity contribution in [3.8, 4) is 0 Å². The molecule has 0 aliphatic carbocycles. The summed E-state index contributed by atoms with van der Waals surface area (Å²) in [4.78, 5) is 14.5. The molecule has 3 nitrogen and oxygen atoms in total. The average molecular weight is 363 g/mol. The van der Waals surface area contributed by atoms with Crippen LogP contribution in [0.5, 0.6) is 0 Å².